The van der Waals surface area contributed by atoms with Gasteiger partial charge in [-0.1, -0.05) is 0 Å². The molecule has 0 aliphatic carbocycles. The average molecular weight is 364 g/mol. The maximum atomic E-state index is 10.8. The van der Waals surface area contributed by atoms with Crippen LogP contribution in [0.25, 0.3) is 21.8 Å². The Morgan fingerprint density at radius 1 is 0.889 bits per heavy atom. The Bertz CT molecular complexity index is 1110. The van der Waals surface area contributed by atoms with Crippen molar-refractivity contribution in [3.8, 4) is 11.5 Å². The quantitative estimate of drug-likeness (QED) is 0.556. The number of carbonyl (C=O) groups is 2. The van der Waals surface area contributed by atoms with Gasteiger partial charge in [-0.2, -0.15) is 0 Å². The molecule has 0 amide bonds. The minimum Gasteiger partial charge on any atom is -0.497 e. The van der Waals surface area contributed by atoms with Gasteiger partial charge in [-0.25, -0.2) is 0 Å². The van der Waals surface area contributed by atoms with Crippen LogP contribution in [0, 0.1) is 0 Å². The first-order valence-electron chi connectivity index (χ1n) is 8.29. The molecule has 0 aliphatic rings. The number of aryl methyl sites for hydroxylation is 1. The number of methoxy groups -OCH3 is 2. The predicted octanol–water partition coefficient (Wildman–Crippen LogP) is 3.99. The molecule has 2 aromatic heterocycles. The number of aromatic nitrogens is 2. The Morgan fingerprint density at radius 3 is 2.15 bits per heavy atom. The molecular weight excluding hydrogens is 344 g/mol. The summed E-state index contributed by atoms with van der Waals surface area (Å²) < 4.78 is 12.1. The maximum Gasteiger partial charge on any atom is 0.152 e. The third-order valence-electron chi connectivity index (χ3n) is 4.40. The van der Waals surface area contributed by atoms with Crippen molar-refractivity contribution in [1.82, 2.24) is 9.55 Å². The fourth-order valence-electron chi connectivity index (χ4n) is 2.97. The first-order valence-corrected chi connectivity index (χ1v) is 8.29. The third-order valence-corrected chi connectivity index (χ3v) is 4.40. The average Bonchev–Trinajstić information content (AvgIpc) is 3.27. The lowest BCUT2D eigenvalue weighted by molar-refractivity contribution is 0.111. The number of rotatable bonds is 4. The van der Waals surface area contributed by atoms with E-state index in [1.54, 1.807) is 20.4 Å². The number of carbonyl (C=O) groups excluding carboxylic acids is 2. The van der Waals surface area contributed by atoms with Crippen molar-refractivity contribution >= 4 is 34.4 Å². The van der Waals surface area contributed by atoms with E-state index < -0.39 is 0 Å². The largest absolute Gasteiger partial charge is 0.497 e. The van der Waals surface area contributed by atoms with Gasteiger partial charge in [0, 0.05) is 52.4 Å². The molecule has 0 spiro atoms. The normalized spacial score (nSPS) is 10.3. The highest BCUT2D eigenvalue weighted by Crippen LogP contribution is 2.24. The molecule has 0 atom stereocenters. The minimum absolute atomic E-state index is 0.661. The number of fused-ring (bicyclic) bond motifs is 2. The lowest BCUT2D eigenvalue weighted by Crippen LogP contribution is -1.85. The zero-order valence-electron chi connectivity index (χ0n) is 15.4. The van der Waals surface area contributed by atoms with E-state index in [-0.39, 0.29) is 0 Å². The molecule has 4 aromatic rings. The van der Waals surface area contributed by atoms with Crippen LogP contribution in [0.2, 0.25) is 0 Å². The van der Waals surface area contributed by atoms with Crippen molar-refractivity contribution < 1.29 is 19.1 Å². The van der Waals surface area contributed by atoms with Crippen LogP contribution >= 0.6 is 0 Å². The molecule has 2 heterocycles. The number of H-pyrrole nitrogens is 1. The summed E-state index contributed by atoms with van der Waals surface area (Å²) in [6, 6.07) is 11.3. The summed E-state index contributed by atoms with van der Waals surface area (Å²) in [4.78, 5) is 24.4. The van der Waals surface area contributed by atoms with Gasteiger partial charge in [-0.3, -0.25) is 9.59 Å². The summed E-state index contributed by atoms with van der Waals surface area (Å²) in [6.45, 7) is 0. The number of benzene rings is 2. The van der Waals surface area contributed by atoms with E-state index in [0.29, 0.717) is 11.1 Å². The fourth-order valence-corrected chi connectivity index (χ4v) is 2.97. The van der Waals surface area contributed by atoms with E-state index in [1.807, 2.05) is 54.2 Å². The third kappa shape index (κ3) is 3.55. The number of aromatic amines is 1. The second-order valence-electron chi connectivity index (χ2n) is 5.97. The van der Waals surface area contributed by atoms with Crippen molar-refractivity contribution in [2.24, 2.45) is 7.05 Å². The second kappa shape index (κ2) is 7.78. The zero-order valence-corrected chi connectivity index (χ0v) is 15.4. The predicted molar refractivity (Wildman–Crippen MR) is 105 cm³/mol. The van der Waals surface area contributed by atoms with Gasteiger partial charge in [0.2, 0.25) is 0 Å². The van der Waals surface area contributed by atoms with Crippen LogP contribution in [0.5, 0.6) is 11.5 Å². The maximum absolute atomic E-state index is 10.8. The van der Waals surface area contributed by atoms with Crippen LogP contribution in [0.1, 0.15) is 20.7 Å². The molecule has 6 nitrogen and oxygen atoms in total. The number of aldehydes is 2. The van der Waals surface area contributed by atoms with E-state index in [9.17, 15) is 9.59 Å². The molecule has 0 saturated carbocycles. The van der Waals surface area contributed by atoms with Gasteiger partial charge >= 0.3 is 0 Å². The number of hydrogen-bond acceptors (Lipinski definition) is 4. The van der Waals surface area contributed by atoms with Gasteiger partial charge in [0.15, 0.2) is 12.6 Å². The molecule has 0 saturated heterocycles. The van der Waals surface area contributed by atoms with E-state index >= 15 is 0 Å². The Hall–Kier alpha value is -3.54. The highest BCUT2D eigenvalue weighted by atomic mass is 16.5. The summed E-state index contributed by atoms with van der Waals surface area (Å²) in [6.07, 6.45) is 5.20. The molecule has 6 heteroatoms. The number of ether oxygens (including phenoxy) is 2. The monoisotopic (exact) mass is 364 g/mol. The van der Waals surface area contributed by atoms with Gasteiger partial charge in [0.1, 0.15) is 11.5 Å². The SMILES string of the molecule is COc1ccc2[nH]cc(C=O)c2c1.COc1ccc2c(c1)c(C=O)cn2C. The van der Waals surface area contributed by atoms with Crippen LogP contribution in [0.3, 0.4) is 0 Å². The molecule has 0 radical (unpaired) electrons. The highest BCUT2D eigenvalue weighted by Gasteiger charge is 2.06. The molecule has 138 valence electrons. The molecule has 0 bridgehead atoms. The zero-order chi connectivity index (χ0) is 19.4. The Morgan fingerprint density at radius 2 is 1.52 bits per heavy atom. The molecule has 0 unspecified atom stereocenters. The van der Waals surface area contributed by atoms with Crippen molar-refractivity contribution in [2.45, 2.75) is 0 Å². The smallest absolute Gasteiger partial charge is 0.152 e. The minimum atomic E-state index is 0.661. The molecule has 27 heavy (non-hydrogen) atoms. The summed E-state index contributed by atoms with van der Waals surface area (Å²) >= 11 is 0. The van der Waals surface area contributed by atoms with Crippen LogP contribution in [-0.2, 0) is 7.05 Å². The summed E-state index contributed by atoms with van der Waals surface area (Å²) in [5.74, 6) is 1.53. The second-order valence-corrected chi connectivity index (χ2v) is 5.97. The number of nitrogens with zero attached hydrogens (tertiary/aromatic N) is 1. The lowest BCUT2D eigenvalue weighted by atomic mass is 10.2. The van der Waals surface area contributed by atoms with Gasteiger partial charge in [0.05, 0.1) is 14.2 Å². The van der Waals surface area contributed by atoms with Crippen molar-refractivity contribution in [3.63, 3.8) is 0 Å². The highest BCUT2D eigenvalue weighted by molar-refractivity contribution is 5.98. The van der Waals surface area contributed by atoms with E-state index in [2.05, 4.69) is 4.98 Å². The molecular formula is C21H20N2O4. The Kier molecular flexibility index (Phi) is 5.26. The Balaban J connectivity index is 0.000000156. The van der Waals surface area contributed by atoms with E-state index in [0.717, 1.165) is 45.9 Å². The lowest BCUT2D eigenvalue weighted by Gasteiger charge is -2.00. The van der Waals surface area contributed by atoms with Gasteiger partial charge < -0.3 is 19.0 Å². The molecule has 0 aliphatic heterocycles. The van der Waals surface area contributed by atoms with E-state index in [1.165, 1.54) is 0 Å². The number of nitrogens with one attached hydrogen (secondary N) is 1. The Labute approximate surface area is 156 Å². The van der Waals surface area contributed by atoms with Crippen LogP contribution in [0.4, 0.5) is 0 Å². The van der Waals surface area contributed by atoms with Crippen molar-refractivity contribution in [2.75, 3.05) is 14.2 Å². The van der Waals surface area contributed by atoms with Gasteiger partial charge in [-0.05, 0) is 36.4 Å². The summed E-state index contributed by atoms with van der Waals surface area (Å²) in [5, 5.41) is 1.83. The number of hydrogen-bond donors (Lipinski definition) is 1. The molecule has 2 aromatic carbocycles. The standard InChI is InChI=1S/C11H11NO2.C10H9NO2/c1-12-6-8(7-13)10-5-9(14-2)3-4-11(10)12;1-13-8-2-3-10-9(4-8)7(6-12)5-11-10/h3-7H,1-2H3;2-6,11H,1H3. The summed E-state index contributed by atoms with van der Waals surface area (Å²) in [5.41, 5.74) is 3.34. The molecule has 4 rings (SSSR count). The first kappa shape index (κ1) is 18.3. The van der Waals surface area contributed by atoms with Gasteiger partial charge in [0.25, 0.3) is 0 Å². The summed E-state index contributed by atoms with van der Waals surface area (Å²) in [7, 11) is 5.14. The topological polar surface area (TPSA) is 73.3 Å². The van der Waals surface area contributed by atoms with Crippen LogP contribution in [-0.4, -0.2) is 36.3 Å². The fraction of sp³-hybridized carbons (Fsp3) is 0.143. The van der Waals surface area contributed by atoms with Crippen molar-refractivity contribution in [1.29, 1.82) is 0 Å². The molecule has 0 fully saturated rings. The van der Waals surface area contributed by atoms with Gasteiger partial charge in [-0.15, -0.1) is 0 Å². The van der Waals surface area contributed by atoms with Crippen LogP contribution in [0.15, 0.2) is 48.8 Å². The first-order chi connectivity index (χ1) is 13.1. The van der Waals surface area contributed by atoms with Crippen LogP contribution < -0.4 is 9.47 Å². The van der Waals surface area contributed by atoms with Crippen molar-refractivity contribution in [3.05, 3.63) is 59.9 Å². The van der Waals surface area contributed by atoms with E-state index in [4.69, 9.17) is 9.47 Å². The molecule has 1 N–H and O–H groups in total.